The van der Waals surface area contributed by atoms with Crippen molar-refractivity contribution in [2.24, 2.45) is 5.92 Å². The first-order valence-corrected chi connectivity index (χ1v) is 16.4. The zero-order chi connectivity index (χ0) is 34.7. The SMILES string of the molecule is C[C@H]1[C@@H](CN2CCCCC2)O[C@@H](c2cccc(-c3cccc(CNC(=O)c4c(F)c(F)c(F)c(F)c4F)c3)c2)O[C@H]1c1ccc(CO)cc1. The predicted molar refractivity (Wildman–Crippen MR) is 173 cm³/mol. The van der Waals surface area contributed by atoms with Gasteiger partial charge in [0.25, 0.3) is 5.91 Å². The molecule has 2 aliphatic heterocycles. The third-order valence-corrected chi connectivity index (χ3v) is 9.32. The molecule has 0 aliphatic carbocycles. The van der Waals surface area contributed by atoms with E-state index in [1.807, 2.05) is 54.6 Å². The fourth-order valence-corrected chi connectivity index (χ4v) is 6.53. The molecule has 0 bridgehead atoms. The first-order valence-electron chi connectivity index (χ1n) is 16.4. The van der Waals surface area contributed by atoms with Crippen LogP contribution >= 0.6 is 0 Å². The average Bonchev–Trinajstić information content (AvgIpc) is 3.14. The number of halogens is 5. The summed E-state index contributed by atoms with van der Waals surface area (Å²) in [4.78, 5) is 14.9. The molecule has 0 saturated carbocycles. The van der Waals surface area contributed by atoms with Gasteiger partial charge in [0.1, 0.15) is 5.56 Å². The molecule has 2 saturated heterocycles. The number of rotatable bonds is 9. The molecule has 0 unspecified atom stereocenters. The maximum Gasteiger partial charge on any atom is 0.257 e. The summed E-state index contributed by atoms with van der Waals surface area (Å²) >= 11 is 0. The van der Waals surface area contributed by atoms with Crippen LogP contribution in [0.3, 0.4) is 0 Å². The molecule has 1 amide bonds. The number of carbonyl (C=O) groups excluding carboxylic acids is 1. The Bertz CT molecular complexity index is 1770. The zero-order valence-electron chi connectivity index (χ0n) is 26.9. The van der Waals surface area contributed by atoms with Crippen LogP contribution in [0.4, 0.5) is 22.0 Å². The van der Waals surface area contributed by atoms with Crippen molar-refractivity contribution >= 4 is 5.91 Å². The topological polar surface area (TPSA) is 71.0 Å². The third kappa shape index (κ3) is 7.55. The van der Waals surface area contributed by atoms with E-state index < -0.39 is 46.8 Å². The van der Waals surface area contributed by atoms with E-state index in [0.29, 0.717) is 5.56 Å². The molecule has 6 rings (SSSR count). The summed E-state index contributed by atoms with van der Waals surface area (Å²) in [6, 6.07) is 22.4. The highest BCUT2D eigenvalue weighted by Gasteiger charge is 2.39. The molecule has 4 atom stereocenters. The van der Waals surface area contributed by atoms with E-state index in [1.165, 1.54) is 6.42 Å². The molecular weight excluding hydrogens is 643 g/mol. The summed E-state index contributed by atoms with van der Waals surface area (Å²) in [5.41, 5.74) is 3.18. The highest BCUT2D eigenvalue weighted by atomic mass is 19.2. The number of aliphatic hydroxyl groups excluding tert-OH is 1. The van der Waals surface area contributed by atoms with Gasteiger partial charge in [-0.25, -0.2) is 22.0 Å². The first kappa shape index (κ1) is 34.7. The van der Waals surface area contributed by atoms with Crippen molar-refractivity contribution in [2.45, 2.75) is 57.8 Å². The van der Waals surface area contributed by atoms with Gasteiger partial charge in [0.05, 0.1) is 18.8 Å². The number of piperidine rings is 1. The quantitative estimate of drug-likeness (QED) is 0.108. The van der Waals surface area contributed by atoms with Gasteiger partial charge in [0.2, 0.25) is 5.82 Å². The average molecular weight is 681 g/mol. The Morgan fingerprint density at radius 3 is 2.08 bits per heavy atom. The highest BCUT2D eigenvalue weighted by molar-refractivity contribution is 5.94. The van der Waals surface area contributed by atoms with Gasteiger partial charge < -0.3 is 24.8 Å². The molecule has 2 N–H and O–H groups in total. The van der Waals surface area contributed by atoms with Crippen molar-refractivity contribution in [2.75, 3.05) is 19.6 Å². The standard InChI is InChI=1S/C38H37F5N2O4/c1-22-29(20-45-15-3-2-4-16-45)48-38(49-36(22)25-13-11-23(21-46)12-14-25)28-10-6-9-27(18-28)26-8-5-7-24(17-26)19-44-37(47)30-31(39)33(41)35(43)34(42)32(30)40/h5-14,17-18,22,29,36,38,46H,2-4,15-16,19-21H2,1H3,(H,44,47)/t22-,29+,36+,38+/m0/s1. The number of aliphatic hydroxyl groups is 1. The minimum Gasteiger partial charge on any atom is -0.392 e. The van der Waals surface area contributed by atoms with Crippen molar-refractivity contribution in [3.8, 4) is 11.1 Å². The van der Waals surface area contributed by atoms with E-state index in [-0.39, 0.29) is 31.3 Å². The Balaban J connectivity index is 1.22. The van der Waals surface area contributed by atoms with Crippen molar-refractivity contribution in [1.82, 2.24) is 10.2 Å². The number of hydrogen-bond donors (Lipinski definition) is 2. The van der Waals surface area contributed by atoms with E-state index in [1.54, 1.807) is 18.2 Å². The van der Waals surface area contributed by atoms with Gasteiger partial charge in [0.15, 0.2) is 29.6 Å². The number of ether oxygens (including phenoxy) is 2. The molecule has 2 aliphatic rings. The van der Waals surface area contributed by atoms with E-state index in [9.17, 15) is 31.9 Å². The molecule has 258 valence electrons. The van der Waals surface area contributed by atoms with Crippen LogP contribution in [0.15, 0.2) is 72.8 Å². The molecule has 6 nitrogen and oxygen atoms in total. The predicted octanol–water partition coefficient (Wildman–Crippen LogP) is 7.75. The van der Waals surface area contributed by atoms with Crippen LogP contribution in [0.25, 0.3) is 11.1 Å². The first-order chi connectivity index (χ1) is 23.6. The van der Waals surface area contributed by atoms with Gasteiger partial charge in [-0.15, -0.1) is 0 Å². The van der Waals surface area contributed by atoms with Gasteiger partial charge in [-0.05, 0) is 65.9 Å². The second kappa shape index (κ2) is 15.2. The molecular formula is C38H37F5N2O4. The van der Waals surface area contributed by atoms with Crippen LogP contribution in [-0.2, 0) is 22.6 Å². The fraction of sp³-hybridized carbons (Fsp3) is 0.342. The van der Waals surface area contributed by atoms with Crippen LogP contribution in [0.5, 0.6) is 0 Å². The highest BCUT2D eigenvalue weighted by Crippen LogP contribution is 2.42. The van der Waals surface area contributed by atoms with E-state index >= 15 is 0 Å². The molecule has 0 aromatic heterocycles. The molecule has 4 aromatic rings. The number of nitrogens with one attached hydrogen (secondary N) is 1. The lowest BCUT2D eigenvalue weighted by molar-refractivity contribution is -0.276. The van der Waals surface area contributed by atoms with Crippen molar-refractivity contribution in [3.05, 3.63) is 130 Å². The van der Waals surface area contributed by atoms with Crippen LogP contribution in [0, 0.1) is 35.0 Å². The van der Waals surface area contributed by atoms with Crippen molar-refractivity contribution < 1.29 is 41.3 Å². The summed E-state index contributed by atoms with van der Waals surface area (Å²) in [5, 5.41) is 11.8. The largest absolute Gasteiger partial charge is 0.392 e. The maximum absolute atomic E-state index is 14.2. The van der Waals surface area contributed by atoms with Crippen LogP contribution in [0.2, 0.25) is 0 Å². The normalized spacial score (nSPS) is 21.4. The minimum absolute atomic E-state index is 0.0453. The molecule has 11 heteroatoms. The Morgan fingerprint density at radius 1 is 0.776 bits per heavy atom. The smallest absolute Gasteiger partial charge is 0.257 e. The molecule has 2 heterocycles. The lowest BCUT2D eigenvalue weighted by Crippen LogP contribution is -2.45. The zero-order valence-corrected chi connectivity index (χ0v) is 26.9. The maximum atomic E-state index is 14.2. The number of likely N-dealkylation sites (tertiary alicyclic amines) is 1. The summed E-state index contributed by atoms with van der Waals surface area (Å²) in [6.07, 6.45) is 2.53. The van der Waals surface area contributed by atoms with Crippen molar-refractivity contribution in [1.29, 1.82) is 0 Å². The molecule has 0 radical (unpaired) electrons. The number of nitrogens with zero attached hydrogens (tertiary/aromatic N) is 1. The summed E-state index contributed by atoms with van der Waals surface area (Å²) in [7, 11) is 0. The van der Waals surface area contributed by atoms with Gasteiger partial charge in [-0.1, -0.05) is 74.0 Å². The van der Waals surface area contributed by atoms with Crippen LogP contribution in [0.1, 0.15) is 71.2 Å². The number of hydrogen-bond acceptors (Lipinski definition) is 5. The Labute approximate surface area is 281 Å². The van der Waals surface area contributed by atoms with Gasteiger partial charge in [-0.2, -0.15) is 0 Å². The van der Waals surface area contributed by atoms with Crippen molar-refractivity contribution in [3.63, 3.8) is 0 Å². The Kier molecular flexibility index (Phi) is 10.7. The second-order valence-electron chi connectivity index (χ2n) is 12.6. The van der Waals surface area contributed by atoms with E-state index in [2.05, 4.69) is 17.1 Å². The molecule has 4 aromatic carbocycles. The minimum atomic E-state index is -2.33. The number of carbonyl (C=O) groups is 1. The number of benzene rings is 4. The van der Waals surface area contributed by atoms with Gasteiger partial charge in [0, 0.05) is 24.6 Å². The molecule has 0 spiro atoms. The Hall–Kier alpha value is -4.16. The third-order valence-electron chi connectivity index (χ3n) is 9.32. The lowest BCUT2D eigenvalue weighted by Gasteiger charge is -2.43. The second-order valence-corrected chi connectivity index (χ2v) is 12.6. The summed E-state index contributed by atoms with van der Waals surface area (Å²) in [5.74, 6) is -12.5. The lowest BCUT2D eigenvalue weighted by atomic mass is 9.89. The van der Waals surface area contributed by atoms with Crippen LogP contribution in [-0.4, -0.2) is 41.7 Å². The molecule has 2 fully saturated rings. The molecule has 49 heavy (non-hydrogen) atoms. The summed E-state index contributed by atoms with van der Waals surface area (Å²) < 4.78 is 82.3. The van der Waals surface area contributed by atoms with E-state index in [0.717, 1.165) is 60.3 Å². The van der Waals surface area contributed by atoms with Gasteiger partial charge >= 0.3 is 0 Å². The van der Waals surface area contributed by atoms with Crippen LogP contribution < -0.4 is 5.32 Å². The fourth-order valence-electron chi connectivity index (χ4n) is 6.53. The van der Waals surface area contributed by atoms with E-state index in [4.69, 9.17) is 9.47 Å². The number of amides is 1. The summed E-state index contributed by atoms with van der Waals surface area (Å²) in [6.45, 7) is 4.71. The van der Waals surface area contributed by atoms with Gasteiger partial charge in [-0.3, -0.25) is 4.79 Å². The Morgan fingerprint density at radius 2 is 1.41 bits per heavy atom. The monoisotopic (exact) mass is 680 g/mol.